The van der Waals surface area contributed by atoms with Gasteiger partial charge in [0.05, 0.1) is 0 Å². The third kappa shape index (κ3) is 2.36. The van der Waals surface area contributed by atoms with Crippen LogP contribution >= 0.6 is 0 Å². The minimum atomic E-state index is 0.786. The number of hydrogen-bond donors (Lipinski definition) is 1. The van der Waals surface area contributed by atoms with Crippen LogP contribution in [-0.2, 0) is 0 Å². The molecular formula is C13H26N2. The van der Waals surface area contributed by atoms with Crippen molar-refractivity contribution < 1.29 is 0 Å². The highest BCUT2D eigenvalue weighted by atomic mass is 15.2. The normalized spacial score (nSPS) is 41.6. The van der Waals surface area contributed by atoms with Crippen molar-refractivity contribution in [3.63, 3.8) is 0 Å². The maximum atomic E-state index is 5.79. The van der Waals surface area contributed by atoms with Gasteiger partial charge in [-0.1, -0.05) is 6.92 Å². The van der Waals surface area contributed by atoms with Gasteiger partial charge in [-0.25, -0.2) is 0 Å². The molecule has 0 saturated heterocycles. The van der Waals surface area contributed by atoms with Gasteiger partial charge in [-0.2, -0.15) is 0 Å². The van der Waals surface area contributed by atoms with Crippen molar-refractivity contribution in [2.24, 2.45) is 17.6 Å². The zero-order valence-electron chi connectivity index (χ0n) is 10.3. The van der Waals surface area contributed by atoms with Crippen molar-refractivity contribution in [2.75, 3.05) is 13.6 Å². The molecule has 2 saturated carbocycles. The Bertz CT molecular complexity index is 195. The summed E-state index contributed by atoms with van der Waals surface area (Å²) in [7, 11) is 2.33. The summed E-state index contributed by atoms with van der Waals surface area (Å²) < 4.78 is 0. The Hall–Kier alpha value is -0.0800. The summed E-state index contributed by atoms with van der Waals surface area (Å²) >= 11 is 0. The molecule has 88 valence electrons. The maximum Gasteiger partial charge on any atom is 0.0136 e. The number of nitrogens with zero attached hydrogens (tertiary/aromatic N) is 1. The van der Waals surface area contributed by atoms with Crippen LogP contribution in [0.3, 0.4) is 0 Å². The second-order valence-corrected chi connectivity index (χ2v) is 5.72. The Morgan fingerprint density at radius 3 is 2.20 bits per heavy atom. The van der Waals surface area contributed by atoms with Crippen molar-refractivity contribution in [2.45, 2.75) is 57.5 Å². The van der Waals surface area contributed by atoms with Crippen LogP contribution in [0.25, 0.3) is 0 Å². The Morgan fingerprint density at radius 2 is 1.73 bits per heavy atom. The van der Waals surface area contributed by atoms with E-state index in [0.29, 0.717) is 0 Å². The molecular weight excluding hydrogens is 184 g/mol. The van der Waals surface area contributed by atoms with E-state index in [1.807, 2.05) is 0 Å². The lowest BCUT2D eigenvalue weighted by atomic mass is 9.76. The molecule has 2 rings (SSSR count). The fourth-order valence-corrected chi connectivity index (χ4v) is 3.28. The summed E-state index contributed by atoms with van der Waals surface area (Å²) in [4.78, 5) is 2.65. The highest BCUT2D eigenvalue weighted by Gasteiger charge is 2.36. The minimum absolute atomic E-state index is 0.786. The van der Waals surface area contributed by atoms with E-state index in [9.17, 15) is 0 Å². The van der Waals surface area contributed by atoms with Crippen molar-refractivity contribution in [1.82, 2.24) is 4.90 Å². The molecule has 0 aromatic rings. The molecule has 0 aromatic heterocycles. The van der Waals surface area contributed by atoms with Gasteiger partial charge in [0.1, 0.15) is 0 Å². The van der Waals surface area contributed by atoms with E-state index in [1.54, 1.807) is 0 Å². The zero-order chi connectivity index (χ0) is 10.8. The summed E-state index contributed by atoms with van der Waals surface area (Å²) in [5.41, 5.74) is 5.79. The second kappa shape index (κ2) is 4.84. The first-order valence-corrected chi connectivity index (χ1v) is 6.64. The lowest BCUT2D eigenvalue weighted by molar-refractivity contribution is 0.0348. The molecule has 2 atom stereocenters. The van der Waals surface area contributed by atoms with Gasteiger partial charge in [0.25, 0.3) is 0 Å². The average molecular weight is 210 g/mol. The molecule has 0 amide bonds. The second-order valence-electron chi connectivity index (χ2n) is 5.72. The molecule has 0 radical (unpaired) electrons. The van der Waals surface area contributed by atoms with Crippen LogP contribution in [0.2, 0.25) is 0 Å². The first-order valence-electron chi connectivity index (χ1n) is 6.64. The van der Waals surface area contributed by atoms with Crippen LogP contribution in [0.1, 0.15) is 45.4 Å². The number of nitrogens with two attached hydrogens (primary N) is 1. The van der Waals surface area contributed by atoms with Crippen LogP contribution in [-0.4, -0.2) is 30.6 Å². The summed E-state index contributed by atoms with van der Waals surface area (Å²) in [5, 5.41) is 0. The lowest BCUT2D eigenvalue weighted by Gasteiger charge is -2.47. The number of rotatable bonds is 3. The first kappa shape index (κ1) is 11.4. The fourth-order valence-electron chi connectivity index (χ4n) is 3.28. The summed E-state index contributed by atoms with van der Waals surface area (Å²) in [6.45, 7) is 3.28. The smallest absolute Gasteiger partial charge is 0.0136 e. The van der Waals surface area contributed by atoms with Crippen molar-refractivity contribution in [3.05, 3.63) is 0 Å². The van der Waals surface area contributed by atoms with E-state index < -0.39 is 0 Å². The predicted molar refractivity (Wildman–Crippen MR) is 64.7 cm³/mol. The monoisotopic (exact) mass is 210 g/mol. The van der Waals surface area contributed by atoms with Crippen LogP contribution < -0.4 is 5.73 Å². The quantitative estimate of drug-likeness (QED) is 0.774. The molecule has 2 N–H and O–H groups in total. The van der Waals surface area contributed by atoms with Gasteiger partial charge in [-0.3, -0.25) is 0 Å². The highest BCUT2D eigenvalue weighted by molar-refractivity contribution is 4.91. The molecule has 0 heterocycles. The third-order valence-corrected chi connectivity index (χ3v) is 4.76. The SMILES string of the molecule is CC1CCC(N(C)C2CCC2CN)CC1. The van der Waals surface area contributed by atoms with Gasteiger partial charge in [0.2, 0.25) is 0 Å². The van der Waals surface area contributed by atoms with Crippen molar-refractivity contribution >= 4 is 0 Å². The molecule has 0 spiro atoms. The van der Waals surface area contributed by atoms with E-state index >= 15 is 0 Å². The predicted octanol–water partition coefficient (Wildman–Crippen LogP) is 2.23. The zero-order valence-corrected chi connectivity index (χ0v) is 10.3. The van der Waals surface area contributed by atoms with E-state index in [2.05, 4.69) is 18.9 Å². The molecule has 2 aliphatic rings. The largest absolute Gasteiger partial charge is 0.330 e. The van der Waals surface area contributed by atoms with Gasteiger partial charge in [0.15, 0.2) is 0 Å². The standard InChI is InChI=1S/C13H26N2/c1-10-3-6-12(7-4-10)15(2)13-8-5-11(13)9-14/h10-13H,3-9,14H2,1-2H3. The molecule has 0 aromatic carbocycles. The molecule has 2 fully saturated rings. The molecule has 0 aliphatic heterocycles. The van der Waals surface area contributed by atoms with Gasteiger partial charge in [-0.05, 0) is 64.0 Å². The Kier molecular flexibility index (Phi) is 3.68. The third-order valence-electron chi connectivity index (χ3n) is 4.76. The highest BCUT2D eigenvalue weighted by Crippen LogP contribution is 2.35. The Labute approximate surface area is 94.2 Å². The lowest BCUT2D eigenvalue weighted by Crippen LogP contribution is -2.52. The molecule has 15 heavy (non-hydrogen) atoms. The maximum absolute atomic E-state index is 5.79. The molecule has 2 aliphatic carbocycles. The Morgan fingerprint density at radius 1 is 1.07 bits per heavy atom. The summed E-state index contributed by atoms with van der Waals surface area (Å²) in [6, 6.07) is 1.65. The Balaban J connectivity index is 1.82. The van der Waals surface area contributed by atoms with Gasteiger partial charge in [-0.15, -0.1) is 0 Å². The molecule has 2 nitrogen and oxygen atoms in total. The molecule has 2 unspecified atom stereocenters. The summed E-state index contributed by atoms with van der Waals surface area (Å²) in [5.74, 6) is 1.75. The van der Waals surface area contributed by atoms with E-state index in [4.69, 9.17) is 5.73 Å². The van der Waals surface area contributed by atoms with E-state index in [0.717, 1.165) is 30.5 Å². The van der Waals surface area contributed by atoms with Crippen LogP contribution in [0.15, 0.2) is 0 Å². The topological polar surface area (TPSA) is 29.3 Å². The average Bonchev–Trinajstić information content (AvgIpc) is 2.17. The van der Waals surface area contributed by atoms with Crippen molar-refractivity contribution in [3.8, 4) is 0 Å². The molecule has 2 heteroatoms. The van der Waals surface area contributed by atoms with Gasteiger partial charge in [0, 0.05) is 12.1 Å². The first-order chi connectivity index (χ1) is 7.22. The van der Waals surface area contributed by atoms with E-state index in [-0.39, 0.29) is 0 Å². The van der Waals surface area contributed by atoms with Crippen LogP contribution in [0.4, 0.5) is 0 Å². The van der Waals surface area contributed by atoms with Crippen LogP contribution in [0, 0.1) is 11.8 Å². The summed E-state index contributed by atoms with van der Waals surface area (Å²) in [6.07, 6.45) is 8.40. The number of hydrogen-bond acceptors (Lipinski definition) is 2. The van der Waals surface area contributed by atoms with E-state index in [1.165, 1.54) is 38.5 Å². The van der Waals surface area contributed by atoms with Crippen LogP contribution in [0.5, 0.6) is 0 Å². The fraction of sp³-hybridized carbons (Fsp3) is 1.00. The molecule has 0 bridgehead atoms. The van der Waals surface area contributed by atoms with Gasteiger partial charge >= 0.3 is 0 Å². The van der Waals surface area contributed by atoms with Crippen molar-refractivity contribution in [1.29, 1.82) is 0 Å². The van der Waals surface area contributed by atoms with Gasteiger partial charge < -0.3 is 10.6 Å². The minimum Gasteiger partial charge on any atom is -0.330 e.